The molecule has 4 nitrogen and oxygen atoms in total. The Morgan fingerprint density at radius 3 is 2.70 bits per heavy atom. The number of carbonyl (C=O) groups excluding carboxylic acids is 1. The summed E-state index contributed by atoms with van der Waals surface area (Å²) in [6.45, 7) is 2.02. The number of nitrogens with two attached hydrogens (primary N) is 1. The SMILES string of the molecule is CN(Cc1ccc(Cl)c(F)c1)C1CCN(C(N)=O)CC1. The number of amides is 2. The monoisotopic (exact) mass is 299 g/mol. The molecule has 0 bridgehead atoms. The van der Waals surface area contributed by atoms with Crippen LogP contribution in [0.4, 0.5) is 9.18 Å². The smallest absolute Gasteiger partial charge is 0.314 e. The predicted octanol–water partition coefficient (Wildman–Crippen LogP) is 2.45. The number of hydrogen-bond acceptors (Lipinski definition) is 2. The number of urea groups is 1. The Bertz CT molecular complexity index is 489. The lowest BCUT2D eigenvalue weighted by Gasteiger charge is -2.36. The molecular formula is C14H19ClFN3O. The van der Waals surface area contributed by atoms with Crippen LogP contribution in [0.15, 0.2) is 18.2 Å². The van der Waals surface area contributed by atoms with Crippen LogP contribution in [-0.2, 0) is 6.54 Å². The minimum Gasteiger partial charge on any atom is -0.351 e. The number of hydrogen-bond donors (Lipinski definition) is 1. The molecule has 2 N–H and O–H groups in total. The third-order valence-electron chi connectivity index (χ3n) is 3.82. The summed E-state index contributed by atoms with van der Waals surface area (Å²) in [5.74, 6) is -0.388. The van der Waals surface area contributed by atoms with Gasteiger partial charge in [0.1, 0.15) is 5.82 Å². The van der Waals surface area contributed by atoms with Crippen molar-refractivity contribution in [1.29, 1.82) is 0 Å². The van der Waals surface area contributed by atoms with Crippen molar-refractivity contribution in [2.75, 3.05) is 20.1 Å². The lowest BCUT2D eigenvalue weighted by Crippen LogP contribution is -2.47. The normalized spacial score (nSPS) is 16.7. The van der Waals surface area contributed by atoms with Crippen molar-refractivity contribution in [3.63, 3.8) is 0 Å². The van der Waals surface area contributed by atoms with Crippen molar-refractivity contribution in [3.05, 3.63) is 34.6 Å². The largest absolute Gasteiger partial charge is 0.351 e. The predicted molar refractivity (Wildman–Crippen MR) is 77.1 cm³/mol. The van der Waals surface area contributed by atoms with Crippen molar-refractivity contribution < 1.29 is 9.18 Å². The summed E-state index contributed by atoms with van der Waals surface area (Å²) in [5, 5.41) is 0.145. The average molecular weight is 300 g/mol. The van der Waals surface area contributed by atoms with Crippen LogP contribution in [0.1, 0.15) is 18.4 Å². The van der Waals surface area contributed by atoms with E-state index in [1.807, 2.05) is 13.1 Å². The van der Waals surface area contributed by atoms with Gasteiger partial charge < -0.3 is 10.6 Å². The van der Waals surface area contributed by atoms with E-state index >= 15 is 0 Å². The van der Waals surface area contributed by atoms with Gasteiger partial charge in [-0.05, 0) is 37.6 Å². The molecule has 1 aromatic carbocycles. The van der Waals surface area contributed by atoms with Gasteiger partial charge in [0.25, 0.3) is 0 Å². The molecule has 1 heterocycles. The molecule has 6 heteroatoms. The zero-order chi connectivity index (χ0) is 14.7. The minimum atomic E-state index is -0.388. The zero-order valence-electron chi connectivity index (χ0n) is 11.5. The zero-order valence-corrected chi connectivity index (χ0v) is 12.2. The first-order valence-electron chi connectivity index (χ1n) is 6.66. The van der Waals surface area contributed by atoms with Gasteiger partial charge in [0.15, 0.2) is 0 Å². The van der Waals surface area contributed by atoms with E-state index < -0.39 is 0 Å². The quantitative estimate of drug-likeness (QED) is 0.932. The fraction of sp³-hybridized carbons (Fsp3) is 0.500. The van der Waals surface area contributed by atoms with Crippen molar-refractivity contribution in [2.45, 2.75) is 25.4 Å². The lowest BCUT2D eigenvalue weighted by atomic mass is 10.0. The molecule has 110 valence electrons. The summed E-state index contributed by atoms with van der Waals surface area (Å²) in [6, 6.07) is 4.91. The van der Waals surface area contributed by atoms with Gasteiger partial charge in [-0.25, -0.2) is 9.18 Å². The summed E-state index contributed by atoms with van der Waals surface area (Å²) < 4.78 is 13.4. The molecule has 1 aliphatic heterocycles. The third-order valence-corrected chi connectivity index (χ3v) is 4.12. The molecule has 0 radical (unpaired) electrons. The summed E-state index contributed by atoms with van der Waals surface area (Å²) in [6.07, 6.45) is 1.77. The second kappa shape index (κ2) is 6.41. The number of benzene rings is 1. The maximum atomic E-state index is 13.4. The second-order valence-electron chi connectivity index (χ2n) is 5.22. The van der Waals surface area contributed by atoms with E-state index in [9.17, 15) is 9.18 Å². The van der Waals surface area contributed by atoms with Gasteiger partial charge >= 0.3 is 6.03 Å². The summed E-state index contributed by atoms with van der Waals surface area (Å²) in [7, 11) is 2.01. The van der Waals surface area contributed by atoms with Gasteiger partial charge in [-0.2, -0.15) is 0 Å². The van der Waals surface area contributed by atoms with Crippen LogP contribution in [-0.4, -0.2) is 42.0 Å². The highest BCUT2D eigenvalue weighted by Gasteiger charge is 2.24. The summed E-state index contributed by atoms with van der Waals surface area (Å²) >= 11 is 5.67. The van der Waals surface area contributed by atoms with Crippen molar-refractivity contribution in [1.82, 2.24) is 9.80 Å². The van der Waals surface area contributed by atoms with Crippen LogP contribution in [0.5, 0.6) is 0 Å². The van der Waals surface area contributed by atoms with Crippen LogP contribution < -0.4 is 5.73 Å². The lowest BCUT2D eigenvalue weighted by molar-refractivity contribution is 0.135. The highest BCUT2D eigenvalue weighted by molar-refractivity contribution is 6.30. The van der Waals surface area contributed by atoms with E-state index in [0.717, 1.165) is 18.4 Å². The van der Waals surface area contributed by atoms with E-state index in [2.05, 4.69) is 4.90 Å². The topological polar surface area (TPSA) is 49.6 Å². The fourth-order valence-electron chi connectivity index (χ4n) is 2.58. The van der Waals surface area contributed by atoms with Crippen molar-refractivity contribution >= 4 is 17.6 Å². The Morgan fingerprint density at radius 2 is 2.15 bits per heavy atom. The van der Waals surface area contributed by atoms with Gasteiger partial charge in [-0.1, -0.05) is 17.7 Å². The molecule has 0 atom stereocenters. The van der Waals surface area contributed by atoms with Crippen LogP contribution in [0.25, 0.3) is 0 Å². The van der Waals surface area contributed by atoms with Gasteiger partial charge in [0.05, 0.1) is 5.02 Å². The number of piperidine rings is 1. The first-order chi connectivity index (χ1) is 9.47. The number of halogens is 2. The van der Waals surface area contributed by atoms with E-state index in [4.69, 9.17) is 17.3 Å². The van der Waals surface area contributed by atoms with Crippen molar-refractivity contribution in [3.8, 4) is 0 Å². The molecule has 20 heavy (non-hydrogen) atoms. The third kappa shape index (κ3) is 3.61. The van der Waals surface area contributed by atoms with E-state index in [0.29, 0.717) is 25.7 Å². The first-order valence-corrected chi connectivity index (χ1v) is 7.03. The number of primary amides is 1. The van der Waals surface area contributed by atoms with Gasteiger partial charge in [0, 0.05) is 25.7 Å². The Labute approximate surface area is 123 Å². The summed E-state index contributed by atoms with van der Waals surface area (Å²) in [4.78, 5) is 14.9. The molecule has 1 saturated heterocycles. The highest BCUT2D eigenvalue weighted by atomic mass is 35.5. The molecule has 0 aliphatic carbocycles. The first kappa shape index (κ1) is 15.1. The van der Waals surface area contributed by atoms with Gasteiger partial charge in [-0.15, -0.1) is 0 Å². The highest BCUT2D eigenvalue weighted by Crippen LogP contribution is 2.20. The maximum absolute atomic E-state index is 13.4. The summed E-state index contributed by atoms with van der Waals surface area (Å²) in [5.41, 5.74) is 6.16. The van der Waals surface area contributed by atoms with Crippen molar-refractivity contribution in [2.24, 2.45) is 5.73 Å². The molecule has 0 spiro atoms. The maximum Gasteiger partial charge on any atom is 0.314 e. The number of nitrogens with zero attached hydrogens (tertiary/aromatic N) is 2. The van der Waals surface area contributed by atoms with Gasteiger partial charge in [0.2, 0.25) is 0 Å². The molecule has 0 saturated carbocycles. The Morgan fingerprint density at radius 1 is 1.50 bits per heavy atom. The Balaban J connectivity index is 1.90. The number of rotatable bonds is 3. The molecule has 2 rings (SSSR count). The minimum absolute atomic E-state index is 0.145. The number of carbonyl (C=O) groups is 1. The fourth-order valence-corrected chi connectivity index (χ4v) is 2.70. The standard InChI is InChI=1S/C14H19ClFN3O/c1-18(9-10-2-3-12(15)13(16)8-10)11-4-6-19(7-5-11)14(17)20/h2-3,8,11H,4-7,9H2,1H3,(H2,17,20). The second-order valence-corrected chi connectivity index (χ2v) is 5.63. The molecule has 0 unspecified atom stereocenters. The van der Waals surface area contributed by atoms with E-state index in [-0.39, 0.29) is 16.9 Å². The van der Waals surface area contributed by atoms with Crippen LogP contribution in [0, 0.1) is 5.82 Å². The molecule has 0 aromatic heterocycles. The molecule has 1 aliphatic rings. The Kier molecular flexibility index (Phi) is 4.83. The van der Waals surface area contributed by atoms with E-state index in [1.54, 1.807) is 11.0 Å². The molecular weight excluding hydrogens is 281 g/mol. The van der Waals surface area contributed by atoms with Crippen LogP contribution in [0.3, 0.4) is 0 Å². The number of likely N-dealkylation sites (tertiary alicyclic amines) is 1. The Hall–Kier alpha value is -1.33. The average Bonchev–Trinajstić information content (AvgIpc) is 2.43. The van der Waals surface area contributed by atoms with E-state index in [1.165, 1.54) is 6.07 Å². The van der Waals surface area contributed by atoms with Crippen LogP contribution in [0.2, 0.25) is 5.02 Å². The molecule has 1 fully saturated rings. The van der Waals surface area contributed by atoms with Crippen LogP contribution >= 0.6 is 11.6 Å². The van der Waals surface area contributed by atoms with Gasteiger partial charge in [-0.3, -0.25) is 4.90 Å². The molecule has 2 amide bonds. The molecule has 1 aromatic rings.